The highest BCUT2D eigenvalue weighted by Crippen LogP contribution is 2.41. The van der Waals surface area contributed by atoms with Crippen molar-refractivity contribution in [1.82, 2.24) is 0 Å². The van der Waals surface area contributed by atoms with Crippen LogP contribution in [-0.2, 0) is 4.74 Å². The minimum absolute atomic E-state index is 0.122. The molecule has 2 saturated carbocycles. The summed E-state index contributed by atoms with van der Waals surface area (Å²) >= 11 is 0. The second-order valence-electron chi connectivity index (χ2n) is 7.86. The zero-order valence-corrected chi connectivity index (χ0v) is 13.0. The Balaban J connectivity index is 1.97. The lowest BCUT2D eigenvalue weighted by Crippen LogP contribution is -2.39. The van der Waals surface area contributed by atoms with Crippen LogP contribution in [0.4, 0.5) is 0 Å². The Bertz CT molecular complexity index is 344. The molecule has 2 aliphatic carbocycles. The minimum atomic E-state index is 0.122. The van der Waals surface area contributed by atoms with Gasteiger partial charge in [-0.05, 0) is 55.8 Å². The van der Waals surface area contributed by atoms with Gasteiger partial charge in [-0.25, -0.2) is 0 Å². The first-order valence-electron chi connectivity index (χ1n) is 7.94. The summed E-state index contributed by atoms with van der Waals surface area (Å²) in [5.41, 5.74) is 0.394. The van der Waals surface area contributed by atoms with Crippen LogP contribution in [0.3, 0.4) is 0 Å². The van der Waals surface area contributed by atoms with Crippen LogP contribution in [0.5, 0.6) is 0 Å². The summed E-state index contributed by atoms with van der Waals surface area (Å²) in [7, 11) is 0. The summed E-state index contributed by atoms with van der Waals surface area (Å²) < 4.78 is 6.39. The third-order valence-corrected chi connectivity index (χ3v) is 4.93. The third kappa shape index (κ3) is 3.96. The molecule has 2 aliphatic rings. The Morgan fingerprint density at radius 1 is 1.05 bits per heavy atom. The molecule has 0 spiro atoms. The van der Waals surface area contributed by atoms with Crippen LogP contribution in [0.2, 0.25) is 0 Å². The fourth-order valence-corrected chi connectivity index (χ4v) is 4.24. The summed E-state index contributed by atoms with van der Waals surface area (Å²) in [5.74, 6) is 1.58. The topological polar surface area (TPSA) is 33.0 Å². The molecule has 19 heavy (non-hydrogen) atoms. The van der Waals surface area contributed by atoms with E-state index in [1.807, 2.05) is 0 Å². The summed E-state index contributed by atoms with van der Waals surface area (Å²) in [4.78, 5) is 0. The van der Waals surface area contributed by atoms with E-state index in [0.717, 1.165) is 25.2 Å². The van der Waals surface area contributed by atoms with Crippen molar-refractivity contribution in [1.29, 1.82) is 5.26 Å². The maximum atomic E-state index is 9.30. The van der Waals surface area contributed by atoms with E-state index in [2.05, 4.69) is 33.8 Å². The molecule has 2 fully saturated rings. The van der Waals surface area contributed by atoms with Gasteiger partial charge in [-0.1, -0.05) is 27.7 Å². The molecular formula is C17H29NO. The molecule has 108 valence electrons. The molecule has 0 radical (unpaired) electrons. The van der Waals surface area contributed by atoms with Gasteiger partial charge in [0.25, 0.3) is 0 Å². The van der Waals surface area contributed by atoms with Crippen molar-refractivity contribution in [3.05, 3.63) is 0 Å². The van der Waals surface area contributed by atoms with Crippen molar-refractivity contribution in [2.24, 2.45) is 23.2 Å². The maximum Gasteiger partial charge on any atom is 0.0739 e. The SMILES string of the molecule is CC1CCC(C#N)C(OC2CC(C)CC(C)(C)C2)C1. The average Bonchev–Trinajstić information content (AvgIpc) is 2.26. The predicted octanol–water partition coefficient (Wildman–Crippen LogP) is 4.55. The van der Waals surface area contributed by atoms with E-state index in [4.69, 9.17) is 4.74 Å². The molecule has 0 aromatic carbocycles. The average molecular weight is 263 g/mol. The second kappa shape index (κ2) is 5.83. The van der Waals surface area contributed by atoms with E-state index in [9.17, 15) is 5.26 Å². The normalized spacial score (nSPS) is 42.6. The fraction of sp³-hybridized carbons (Fsp3) is 0.941. The van der Waals surface area contributed by atoms with Crippen molar-refractivity contribution >= 4 is 0 Å². The summed E-state index contributed by atoms with van der Waals surface area (Å²) in [6.45, 7) is 9.33. The first-order valence-corrected chi connectivity index (χ1v) is 7.94. The Morgan fingerprint density at radius 3 is 2.42 bits per heavy atom. The van der Waals surface area contributed by atoms with Gasteiger partial charge >= 0.3 is 0 Å². The van der Waals surface area contributed by atoms with Gasteiger partial charge in [-0.15, -0.1) is 0 Å². The molecule has 0 aliphatic heterocycles. The molecule has 0 amide bonds. The molecule has 2 nitrogen and oxygen atoms in total. The number of rotatable bonds is 2. The third-order valence-electron chi connectivity index (χ3n) is 4.93. The molecule has 2 rings (SSSR count). The highest BCUT2D eigenvalue weighted by Gasteiger charge is 2.36. The molecular weight excluding hydrogens is 234 g/mol. The Labute approximate surface area is 118 Å². The minimum Gasteiger partial charge on any atom is -0.374 e. The number of nitriles is 1. The van der Waals surface area contributed by atoms with Crippen LogP contribution in [-0.4, -0.2) is 12.2 Å². The van der Waals surface area contributed by atoms with Gasteiger partial charge in [0, 0.05) is 0 Å². The monoisotopic (exact) mass is 263 g/mol. The van der Waals surface area contributed by atoms with Gasteiger partial charge in [0.05, 0.1) is 24.2 Å². The highest BCUT2D eigenvalue weighted by atomic mass is 16.5. The van der Waals surface area contributed by atoms with Crippen molar-refractivity contribution in [3.63, 3.8) is 0 Å². The lowest BCUT2D eigenvalue weighted by Gasteiger charge is -2.42. The van der Waals surface area contributed by atoms with E-state index >= 15 is 0 Å². The van der Waals surface area contributed by atoms with Crippen LogP contribution < -0.4 is 0 Å². The molecule has 0 saturated heterocycles. The van der Waals surface area contributed by atoms with E-state index < -0.39 is 0 Å². The largest absolute Gasteiger partial charge is 0.374 e. The Morgan fingerprint density at radius 2 is 1.79 bits per heavy atom. The summed E-state index contributed by atoms with van der Waals surface area (Å²) in [6, 6.07) is 2.47. The van der Waals surface area contributed by atoms with Gasteiger partial charge in [0.2, 0.25) is 0 Å². The van der Waals surface area contributed by atoms with Gasteiger partial charge < -0.3 is 4.74 Å². The van der Waals surface area contributed by atoms with Crippen LogP contribution in [0, 0.1) is 34.5 Å². The van der Waals surface area contributed by atoms with Crippen molar-refractivity contribution in [3.8, 4) is 6.07 Å². The van der Waals surface area contributed by atoms with Gasteiger partial charge in [0.15, 0.2) is 0 Å². The number of nitrogens with zero attached hydrogens (tertiary/aromatic N) is 1. The molecule has 0 bridgehead atoms. The molecule has 0 aromatic rings. The maximum absolute atomic E-state index is 9.30. The quantitative estimate of drug-likeness (QED) is 0.732. The van der Waals surface area contributed by atoms with Crippen molar-refractivity contribution in [2.45, 2.75) is 78.4 Å². The molecule has 2 heteroatoms. The summed E-state index contributed by atoms with van der Waals surface area (Å²) in [5, 5.41) is 9.30. The second-order valence-corrected chi connectivity index (χ2v) is 7.86. The predicted molar refractivity (Wildman–Crippen MR) is 77.6 cm³/mol. The van der Waals surface area contributed by atoms with Crippen LogP contribution in [0.15, 0.2) is 0 Å². The Kier molecular flexibility index (Phi) is 4.56. The van der Waals surface area contributed by atoms with Gasteiger partial charge in [-0.2, -0.15) is 5.26 Å². The first kappa shape index (κ1) is 14.9. The molecule has 5 unspecified atom stereocenters. The van der Waals surface area contributed by atoms with Crippen LogP contribution >= 0.6 is 0 Å². The number of hydrogen-bond donors (Lipinski definition) is 0. The summed E-state index contributed by atoms with van der Waals surface area (Å²) in [6.07, 6.45) is 7.45. The van der Waals surface area contributed by atoms with E-state index in [-0.39, 0.29) is 12.0 Å². The lowest BCUT2D eigenvalue weighted by molar-refractivity contribution is -0.0946. The fourth-order valence-electron chi connectivity index (χ4n) is 4.24. The highest BCUT2D eigenvalue weighted by molar-refractivity contribution is 4.94. The number of ether oxygens (including phenoxy) is 1. The molecule has 0 aromatic heterocycles. The zero-order chi connectivity index (χ0) is 14.0. The van der Waals surface area contributed by atoms with Crippen molar-refractivity contribution < 1.29 is 4.74 Å². The molecule has 0 heterocycles. The Hall–Kier alpha value is -0.550. The lowest BCUT2D eigenvalue weighted by atomic mass is 9.71. The molecule has 0 N–H and O–H groups in total. The molecule has 5 atom stereocenters. The van der Waals surface area contributed by atoms with Crippen molar-refractivity contribution in [2.75, 3.05) is 0 Å². The van der Waals surface area contributed by atoms with E-state index in [1.165, 1.54) is 19.3 Å². The van der Waals surface area contributed by atoms with Crippen LogP contribution in [0.1, 0.15) is 66.2 Å². The van der Waals surface area contributed by atoms with E-state index in [1.54, 1.807) is 0 Å². The zero-order valence-electron chi connectivity index (χ0n) is 13.0. The first-order chi connectivity index (χ1) is 8.89. The van der Waals surface area contributed by atoms with Crippen LogP contribution in [0.25, 0.3) is 0 Å². The van der Waals surface area contributed by atoms with Gasteiger partial charge in [-0.3, -0.25) is 0 Å². The standard InChI is InChI=1S/C17H29NO/c1-12-5-6-14(11-18)16(8-12)19-15-7-13(2)9-17(3,4)10-15/h12-16H,5-10H2,1-4H3. The smallest absolute Gasteiger partial charge is 0.0739 e. The van der Waals surface area contributed by atoms with Gasteiger partial charge in [0.1, 0.15) is 0 Å². The number of hydrogen-bond acceptors (Lipinski definition) is 2. The van der Waals surface area contributed by atoms with E-state index in [0.29, 0.717) is 17.4 Å².